The summed E-state index contributed by atoms with van der Waals surface area (Å²) in [6.07, 6.45) is 0. The van der Waals surface area contributed by atoms with Crippen molar-refractivity contribution in [3.05, 3.63) is 93.5 Å². The molecule has 0 atom stereocenters. The molecule has 0 aliphatic rings. The van der Waals surface area contributed by atoms with E-state index < -0.39 is 0 Å². The van der Waals surface area contributed by atoms with E-state index in [1.54, 1.807) is 0 Å². The Labute approximate surface area is 178 Å². The Morgan fingerprint density at radius 2 is 1.59 bits per heavy atom. The first-order chi connectivity index (χ1) is 13.9. The Kier molecular flexibility index (Phi) is 5.20. The number of fused-ring (bicyclic) bond motifs is 1. The number of para-hydroxylation sites is 1. The molecule has 0 saturated carbocycles. The SMILES string of the molecule is Cc1cccc(OC(=O)c2cc(-c3ccc(Br)cc3)nc3c(C)cccc23)c1C. The lowest BCUT2D eigenvalue weighted by Gasteiger charge is -2.13. The van der Waals surface area contributed by atoms with Gasteiger partial charge in [0, 0.05) is 15.4 Å². The summed E-state index contributed by atoms with van der Waals surface area (Å²) >= 11 is 3.46. The molecule has 144 valence electrons. The van der Waals surface area contributed by atoms with Crippen molar-refractivity contribution in [2.24, 2.45) is 0 Å². The molecule has 4 aromatic rings. The second-order valence-electron chi connectivity index (χ2n) is 7.12. The molecule has 0 saturated heterocycles. The molecule has 0 spiro atoms. The van der Waals surface area contributed by atoms with Gasteiger partial charge < -0.3 is 4.74 Å². The number of pyridine rings is 1. The van der Waals surface area contributed by atoms with E-state index in [9.17, 15) is 4.79 Å². The van der Waals surface area contributed by atoms with Gasteiger partial charge in [0.2, 0.25) is 0 Å². The molecule has 1 heterocycles. The minimum atomic E-state index is -0.380. The maximum absolute atomic E-state index is 13.2. The zero-order chi connectivity index (χ0) is 20.5. The first kappa shape index (κ1) is 19.3. The summed E-state index contributed by atoms with van der Waals surface area (Å²) in [6, 6.07) is 21.3. The molecule has 0 amide bonds. The number of nitrogens with zero attached hydrogens (tertiary/aromatic N) is 1. The lowest BCUT2D eigenvalue weighted by Crippen LogP contribution is -2.11. The molecule has 0 unspecified atom stereocenters. The number of aromatic nitrogens is 1. The third kappa shape index (κ3) is 3.81. The van der Waals surface area contributed by atoms with Gasteiger partial charge >= 0.3 is 5.97 Å². The van der Waals surface area contributed by atoms with Crippen molar-refractivity contribution in [1.29, 1.82) is 0 Å². The maximum atomic E-state index is 13.2. The number of carbonyl (C=O) groups is 1. The number of hydrogen-bond donors (Lipinski definition) is 0. The van der Waals surface area contributed by atoms with Gasteiger partial charge in [-0.25, -0.2) is 9.78 Å². The van der Waals surface area contributed by atoms with Crippen molar-refractivity contribution < 1.29 is 9.53 Å². The number of aryl methyl sites for hydroxylation is 2. The van der Waals surface area contributed by atoms with E-state index in [4.69, 9.17) is 9.72 Å². The van der Waals surface area contributed by atoms with E-state index in [1.165, 1.54) is 0 Å². The van der Waals surface area contributed by atoms with Crippen LogP contribution < -0.4 is 4.74 Å². The minimum Gasteiger partial charge on any atom is -0.423 e. The first-order valence-electron chi connectivity index (χ1n) is 9.39. The monoisotopic (exact) mass is 445 g/mol. The fourth-order valence-corrected chi connectivity index (χ4v) is 3.58. The Morgan fingerprint density at radius 3 is 2.34 bits per heavy atom. The number of esters is 1. The molecule has 0 radical (unpaired) electrons. The van der Waals surface area contributed by atoms with Gasteiger partial charge in [0.05, 0.1) is 16.8 Å². The Bertz CT molecular complexity index is 1230. The quantitative estimate of drug-likeness (QED) is 0.256. The van der Waals surface area contributed by atoms with Gasteiger partial charge in [-0.2, -0.15) is 0 Å². The minimum absolute atomic E-state index is 0.380. The second kappa shape index (κ2) is 7.80. The third-order valence-electron chi connectivity index (χ3n) is 5.16. The number of carbonyl (C=O) groups excluding carboxylic acids is 1. The number of rotatable bonds is 3. The fraction of sp³-hybridized carbons (Fsp3) is 0.120. The number of halogens is 1. The van der Waals surface area contributed by atoms with Crippen molar-refractivity contribution in [1.82, 2.24) is 4.98 Å². The fourth-order valence-electron chi connectivity index (χ4n) is 3.32. The summed E-state index contributed by atoms with van der Waals surface area (Å²) in [5.41, 5.74) is 6.07. The number of benzene rings is 3. The van der Waals surface area contributed by atoms with Gasteiger partial charge in [0.25, 0.3) is 0 Å². The molecule has 0 bridgehead atoms. The standard InChI is InChI=1S/C25H20BrNO2/c1-15-6-5-9-23(17(15)3)29-25(28)21-14-22(18-10-12-19(26)13-11-18)27-24-16(2)7-4-8-20(21)24/h4-14H,1-3H3. The molecule has 0 aliphatic carbocycles. The summed E-state index contributed by atoms with van der Waals surface area (Å²) in [4.78, 5) is 18.0. The zero-order valence-electron chi connectivity index (χ0n) is 16.5. The lowest BCUT2D eigenvalue weighted by molar-refractivity contribution is 0.0735. The Hall–Kier alpha value is -2.98. The van der Waals surface area contributed by atoms with E-state index in [0.29, 0.717) is 11.3 Å². The van der Waals surface area contributed by atoms with Crippen LogP contribution in [0.4, 0.5) is 0 Å². The van der Waals surface area contributed by atoms with Crippen molar-refractivity contribution >= 4 is 32.8 Å². The summed E-state index contributed by atoms with van der Waals surface area (Å²) in [5, 5.41) is 0.793. The highest BCUT2D eigenvalue weighted by Crippen LogP contribution is 2.29. The maximum Gasteiger partial charge on any atom is 0.344 e. The molecular weight excluding hydrogens is 426 g/mol. The second-order valence-corrected chi connectivity index (χ2v) is 8.04. The average molecular weight is 446 g/mol. The first-order valence-corrected chi connectivity index (χ1v) is 10.2. The van der Waals surface area contributed by atoms with Crippen molar-refractivity contribution in [2.75, 3.05) is 0 Å². The molecule has 0 N–H and O–H groups in total. The van der Waals surface area contributed by atoms with Crippen LogP contribution >= 0.6 is 15.9 Å². The van der Waals surface area contributed by atoms with E-state index in [0.717, 1.165) is 43.3 Å². The van der Waals surface area contributed by atoms with Gasteiger partial charge in [-0.05, 0) is 61.7 Å². The van der Waals surface area contributed by atoms with Crippen molar-refractivity contribution in [3.8, 4) is 17.0 Å². The van der Waals surface area contributed by atoms with Crippen LogP contribution in [0.1, 0.15) is 27.0 Å². The van der Waals surface area contributed by atoms with Crippen molar-refractivity contribution in [3.63, 3.8) is 0 Å². The highest BCUT2D eigenvalue weighted by Gasteiger charge is 2.18. The largest absolute Gasteiger partial charge is 0.423 e. The Balaban J connectivity index is 1.86. The smallest absolute Gasteiger partial charge is 0.344 e. The predicted molar refractivity (Wildman–Crippen MR) is 120 cm³/mol. The number of ether oxygens (including phenoxy) is 1. The van der Waals surface area contributed by atoms with Crippen molar-refractivity contribution in [2.45, 2.75) is 20.8 Å². The molecule has 3 aromatic carbocycles. The van der Waals surface area contributed by atoms with Gasteiger partial charge in [-0.15, -0.1) is 0 Å². The Morgan fingerprint density at radius 1 is 0.897 bits per heavy atom. The van der Waals surface area contributed by atoms with Crippen LogP contribution in [0.2, 0.25) is 0 Å². The molecular formula is C25H20BrNO2. The molecule has 3 nitrogen and oxygen atoms in total. The van der Waals surface area contributed by atoms with Gasteiger partial charge in [0.15, 0.2) is 0 Å². The van der Waals surface area contributed by atoms with Crippen LogP contribution in [-0.4, -0.2) is 11.0 Å². The summed E-state index contributed by atoms with van der Waals surface area (Å²) in [7, 11) is 0. The van der Waals surface area contributed by atoms with Crippen LogP contribution in [0.25, 0.3) is 22.2 Å². The van der Waals surface area contributed by atoms with Crippen LogP contribution in [0.5, 0.6) is 5.75 Å². The highest BCUT2D eigenvalue weighted by atomic mass is 79.9. The summed E-state index contributed by atoms with van der Waals surface area (Å²) in [6.45, 7) is 5.96. The van der Waals surface area contributed by atoms with Gasteiger partial charge in [-0.1, -0.05) is 58.4 Å². The van der Waals surface area contributed by atoms with E-state index in [1.807, 2.05) is 87.5 Å². The predicted octanol–water partition coefficient (Wildman–Crippen LogP) is 6.81. The van der Waals surface area contributed by atoms with Gasteiger partial charge in [0.1, 0.15) is 5.75 Å². The topological polar surface area (TPSA) is 39.2 Å². The lowest BCUT2D eigenvalue weighted by atomic mass is 10.0. The molecule has 0 aliphatic heterocycles. The molecule has 1 aromatic heterocycles. The van der Waals surface area contributed by atoms with E-state index >= 15 is 0 Å². The average Bonchev–Trinajstić information content (AvgIpc) is 2.71. The zero-order valence-corrected chi connectivity index (χ0v) is 18.1. The van der Waals surface area contributed by atoms with E-state index in [-0.39, 0.29) is 5.97 Å². The normalized spacial score (nSPS) is 10.9. The number of hydrogen-bond acceptors (Lipinski definition) is 3. The third-order valence-corrected chi connectivity index (χ3v) is 5.69. The van der Waals surface area contributed by atoms with Crippen LogP contribution in [0, 0.1) is 20.8 Å². The van der Waals surface area contributed by atoms with Crippen LogP contribution in [-0.2, 0) is 0 Å². The highest BCUT2D eigenvalue weighted by molar-refractivity contribution is 9.10. The summed E-state index contributed by atoms with van der Waals surface area (Å²) < 4.78 is 6.79. The van der Waals surface area contributed by atoms with Crippen LogP contribution in [0.3, 0.4) is 0 Å². The molecule has 0 fully saturated rings. The summed E-state index contributed by atoms with van der Waals surface area (Å²) in [5.74, 6) is 0.202. The van der Waals surface area contributed by atoms with Gasteiger partial charge in [-0.3, -0.25) is 0 Å². The molecule has 4 rings (SSSR count). The van der Waals surface area contributed by atoms with E-state index in [2.05, 4.69) is 15.9 Å². The van der Waals surface area contributed by atoms with Crippen LogP contribution in [0.15, 0.2) is 71.2 Å². The molecule has 29 heavy (non-hydrogen) atoms. The molecule has 4 heteroatoms.